The van der Waals surface area contributed by atoms with E-state index in [4.69, 9.17) is 33.4 Å². The van der Waals surface area contributed by atoms with Crippen LogP contribution in [0.4, 0.5) is 26.3 Å². The molecule has 0 spiro atoms. The molecular formula is C44H26Cl2F6N6O8S2. The van der Waals surface area contributed by atoms with Gasteiger partial charge in [0.2, 0.25) is 22.6 Å². The molecule has 348 valence electrons. The first-order chi connectivity index (χ1) is 32.2. The van der Waals surface area contributed by atoms with Crippen LogP contribution in [0.2, 0.25) is 10.0 Å². The maximum Gasteiger partial charge on any atom is 0.348 e. The van der Waals surface area contributed by atoms with E-state index < -0.39 is 78.9 Å². The Kier molecular flexibility index (Phi) is 11.6. The molecule has 0 radical (unpaired) electrons. The molecule has 0 fully saturated rings. The van der Waals surface area contributed by atoms with Gasteiger partial charge in [-0.15, -0.1) is 22.7 Å². The van der Waals surface area contributed by atoms with E-state index in [-0.39, 0.29) is 92.4 Å². The normalized spacial score (nSPS) is 17.2. The molecule has 2 aromatic carbocycles. The molecule has 0 aliphatic heterocycles. The summed E-state index contributed by atoms with van der Waals surface area (Å²) in [7, 11) is 0. The molecular weight excluding hydrogens is 990 g/mol. The highest BCUT2D eigenvalue weighted by molar-refractivity contribution is 7.12. The highest BCUT2D eigenvalue weighted by Gasteiger charge is 2.50. The summed E-state index contributed by atoms with van der Waals surface area (Å²) in [5.74, 6) is -8.63. The van der Waals surface area contributed by atoms with Crippen LogP contribution in [0.5, 0.6) is 0 Å². The number of hydrogen-bond donors (Lipinski definition) is 6. The molecule has 2 aliphatic rings. The summed E-state index contributed by atoms with van der Waals surface area (Å²) in [5, 5.41) is 68.7. The van der Waals surface area contributed by atoms with Gasteiger partial charge in [0, 0.05) is 33.0 Å². The molecule has 10 rings (SSSR count). The van der Waals surface area contributed by atoms with Crippen molar-refractivity contribution in [2.75, 3.05) is 0 Å². The number of aryl methyl sites for hydroxylation is 2. The topological polar surface area (TPSA) is 226 Å². The number of aromatic nitrogens is 6. The van der Waals surface area contributed by atoms with Crippen molar-refractivity contribution in [2.24, 2.45) is 0 Å². The van der Waals surface area contributed by atoms with Gasteiger partial charge in [-0.2, -0.15) is 9.46 Å². The van der Waals surface area contributed by atoms with Crippen LogP contribution >= 0.6 is 45.9 Å². The number of H-pyrrole nitrogens is 2. The van der Waals surface area contributed by atoms with Crippen LogP contribution in [-0.4, -0.2) is 52.3 Å². The zero-order chi connectivity index (χ0) is 48.7. The highest BCUT2D eigenvalue weighted by Crippen LogP contribution is 2.44. The van der Waals surface area contributed by atoms with Gasteiger partial charge in [0.05, 0.1) is 56.1 Å². The molecule has 6 N–H and O–H groups in total. The van der Waals surface area contributed by atoms with Crippen LogP contribution in [0.3, 0.4) is 0 Å². The lowest BCUT2D eigenvalue weighted by atomic mass is 9.98. The summed E-state index contributed by atoms with van der Waals surface area (Å²) in [6.07, 6.45) is 4.75. The Morgan fingerprint density at radius 2 is 1.03 bits per heavy atom. The Labute approximate surface area is 394 Å². The Balaban J connectivity index is 0.000000170. The van der Waals surface area contributed by atoms with Crippen molar-refractivity contribution < 1.29 is 65.8 Å². The summed E-state index contributed by atoms with van der Waals surface area (Å²) >= 11 is 12.9. The fourth-order valence-electron chi connectivity index (χ4n) is 8.39. The Morgan fingerprint density at radius 3 is 1.38 bits per heavy atom. The summed E-state index contributed by atoms with van der Waals surface area (Å²) in [6, 6.07) is 6.92. The molecule has 6 heterocycles. The van der Waals surface area contributed by atoms with Gasteiger partial charge in [-0.3, -0.25) is 0 Å². The monoisotopic (exact) mass is 1010 g/mol. The second-order valence-electron chi connectivity index (χ2n) is 15.5. The van der Waals surface area contributed by atoms with E-state index in [9.17, 15) is 56.6 Å². The van der Waals surface area contributed by atoms with Gasteiger partial charge < -0.3 is 40.8 Å². The number of aromatic carboxylic acids is 2. The van der Waals surface area contributed by atoms with Crippen LogP contribution in [-0.2, 0) is 24.0 Å². The molecule has 2 unspecified atom stereocenters. The van der Waals surface area contributed by atoms with Gasteiger partial charge in [0.15, 0.2) is 35.7 Å². The first-order valence-electron chi connectivity index (χ1n) is 19.6. The van der Waals surface area contributed by atoms with Crippen molar-refractivity contribution in [1.29, 1.82) is 0 Å². The van der Waals surface area contributed by atoms with Gasteiger partial charge in [0.25, 0.3) is 0 Å². The molecule has 24 heteroatoms. The SMILES string of the molecule is O=C(O)c1scc(-c2cnc(C3(O)CCc4cc(-c5c(F)ccc(Cl)c5F)c[n+]([O-])c43)[nH]2)c1F.O=C(O)c1scc(-c2cnc(C3(O)CCc4cc(-c5c(F)ccc(Cl)c5F)c[n+]([O-])c43)[nH]2)c1F. The van der Waals surface area contributed by atoms with Crippen molar-refractivity contribution in [3.8, 4) is 44.8 Å². The summed E-state index contributed by atoms with van der Waals surface area (Å²) in [6.45, 7) is 0. The van der Waals surface area contributed by atoms with E-state index in [1.165, 1.54) is 35.3 Å². The second-order valence-corrected chi connectivity index (χ2v) is 18.1. The number of nitrogens with one attached hydrogen (secondary N) is 2. The number of thiophene rings is 2. The van der Waals surface area contributed by atoms with E-state index in [0.29, 0.717) is 43.3 Å². The third kappa shape index (κ3) is 7.52. The number of carbonyl (C=O) groups is 2. The predicted molar refractivity (Wildman–Crippen MR) is 232 cm³/mol. The van der Waals surface area contributed by atoms with Gasteiger partial charge >= 0.3 is 11.9 Å². The van der Waals surface area contributed by atoms with Crippen LogP contribution in [0.15, 0.2) is 71.9 Å². The molecule has 0 saturated carbocycles. The number of carboxylic acid groups (broad SMARTS) is 2. The Morgan fingerprint density at radius 1 is 0.647 bits per heavy atom. The second kappa shape index (κ2) is 17.1. The minimum Gasteiger partial charge on any atom is -0.618 e. The molecule has 68 heavy (non-hydrogen) atoms. The average molecular weight is 1020 g/mol. The number of aliphatic hydroxyl groups is 2. The minimum absolute atomic E-state index is 0.0218. The minimum atomic E-state index is -1.89. The average Bonchev–Trinajstić information content (AvgIpc) is 4.15. The Bertz CT molecular complexity index is 3200. The van der Waals surface area contributed by atoms with Crippen LogP contribution in [0, 0.1) is 45.3 Å². The first kappa shape index (κ1) is 46.3. The molecule has 0 bridgehead atoms. The number of carboxylic acids is 2. The van der Waals surface area contributed by atoms with Crippen molar-refractivity contribution in [3.05, 3.63) is 171 Å². The number of benzene rings is 2. The maximum absolute atomic E-state index is 14.5. The number of rotatable bonds is 8. The first-order valence-corrected chi connectivity index (χ1v) is 22.1. The van der Waals surface area contributed by atoms with E-state index in [2.05, 4.69) is 19.9 Å². The number of nitrogens with zero attached hydrogens (tertiary/aromatic N) is 4. The molecule has 8 aromatic rings. The number of fused-ring (bicyclic) bond motifs is 2. The number of pyridine rings is 2. The Hall–Kier alpha value is -6.82. The van der Waals surface area contributed by atoms with E-state index in [1.807, 2.05) is 0 Å². The molecule has 14 nitrogen and oxygen atoms in total. The van der Waals surface area contributed by atoms with Crippen molar-refractivity contribution >= 4 is 57.8 Å². The summed E-state index contributed by atoms with van der Waals surface area (Å²) in [4.78, 5) is 35.0. The highest BCUT2D eigenvalue weighted by atomic mass is 35.5. The number of halogens is 8. The largest absolute Gasteiger partial charge is 0.618 e. The van der Waals surface area contributed by atoms with Crippen molar-refractivity contribution in [1.82, 2.24) is 19.9 Å². The van der Waals surface area contributed by atoms with Crippen LogP contribution in [0.1, 0.15) is 66.3 Å². The number of hydrogen-bond acceptors (Lipinski definition) is 10. The van der Waals surface area contributed by atoms with Crippen molar-refractivity contribution in [2.45, 2.75) is 36.9 Å². The molecule has 2 atom stereocenters. The van der Waals surface area contributed by atoms with Gasteiger partial charge in [-0.25, -0.2) is 45.9 Å². The fraction of sp³-hybridized carbons (Fsp3) is 0.136. The zero-order valence-corrected chi connectivity index (χ0v) is 37.0. The fourth-order valence-corrected chi connectivity index (χ4v) is 10.3. The van der Waals surface area contributed by atoms with Gasteiger partial charge in [-0.1, -0.05) is 23.2 Å². The molecule has 2 aliphatic carbocycles. The number of aromatic amines is 2. The van der Waals surface area contributed by atoms with E-state index in [1.54, 1.807) is 0 Å². The lowest BCUT2D eigenvalue weighted by Gasteiger charge is -2.20. The third-order valence-electron chi connectivity index (χ3n) is 11.5. The standard InChI is InChI=1S/2C22H13ClF3N3O4S/c2*23-12-1-2-13(24)15(17(12)26)10-5-9-3-4-22(32,19(9)29(33)7-10)21-27-6-14(28-21)11-8-34-18(16(11)25)20(30)31/h2*1-2,5-8,32H,3-4H2,(H,27,28)(H,30,31). The van der Waals surface area contributed by atoms with Crippen molar-refractivity contribution in [3.63, 3.8) is 0 Å². The summed E-state index contributed by atoms with van der Waals surface area (Å²) in [5.41, 5.74) is -4.10. The number of imidazole rings is 2. The van der Waals surface area contributed by atoms with Gasteiger partial charge in [0.1, 0.15) is 33.0 Å². The zero-order valence-electron chi connectivity index (χ0n) is 33.8. The van der Waals surface area contributed by atoms with E-state index in [0.717, 1.165) is 36.7 Å². The maximum atomic E-state index is 14.5. The molecule has 6 aromatic heterocycles. The molecule has 0 saturated heterocycles. The summed E-state index contributed by atoms with van der Waals surface area (Å²) < 4.78 is 87.2. The lowest BCUT2D eigenvalue weighted by Crippen LogP contribution is -2.42. The predicted octanol–water partition coefficient (Wildman–Crippen LogP) is 8.78. The van der Waals surface area contributed by atoms with E-state index >= 15 is 0 Å². The van der Waals surface area contributed by atoms with Crippen LogP contribution in [0.25, 0.3) is 44.8 Å². The van der Waals surface area contributed by atoms with Gasteiger partial charge in [-0.05, 0) is 62.1 Å². The third-order valence-corrected chi connectivity index (χ3v) is 14.0. The quantitative estimate of drug-likeness (QED) is 0.0367. The lowest BCUT2D eigenvalue weighted by molar-refractivity contribution is -0.620. The van der Waals surface area contributed by atoms with Crippen LogP contribution < -0.4 is 9.46 Å². The smallest absolute Gasteiger partial charge is 0.348 e. The molecule has 0 amide bonds.